The summed E-state index contributed by atoms with van der Waals surface area (Å²) >= 11 is 0. The monoisotopic (exact) mass is 2020 g/mol. The third-order valence-electron chi connectivity index (χ3n) is 31.3. The Hall–Kier alpha value is -9.84. The molecule has 8 aromatic rings. The van der Waals surface area contributed by atoms with Crippen LogP contribution in [0, 0.1) is 244 Å². The van der Waals surface area contributed by atoms with Gasteiger partial charge in [0.15, 0.2) is 151 Å². The first kappa shape index (κ1) is 105. The Morgan fingerprint density at radius 1 is 0.217 bits per heavy atom. The van der Waals surface area contributed by atoms with Crippen LogP contribution >= 0.6 is 0 Å². The standard InChI is InChI=1S/2C24BF20.2C21H38BN2/c2*26-5-1(6(27)14(35)21(42)13(5)34)25(2-7(28)15(36)22(43)16(37)8(2)29,3-9(30)17(38)23(44)18(39)10(3)31)4-11(32)19(40)24(45)20(41)12(4)33;2*1-6-23-18-14-15-21(5,20(18,3)4)24(7-2)19(23)22-16-10-8-11-17(22)13-9-12-16/h;;2*16-18H,6-15H2,1-5H3/q2*-1;2*+1/t;;2*16?,17?,18-,21+/m..00/s1. The predicted octanol–water partition coefficient (Wildman–Crippen LogP) is 21.4. The van der Waals surface area contributed by atoms with Gasteiger partial charge in [-0.25, -0.2) is 176 Å². The molecule has 0 unspecified atom stereocenters. The minimum absolute atomic E-state index is 0.360. The summed E-state index contributed by atoms with van der Waals surface area (Å²) in [5.41, 5.74) is -23.6. The van der Waals surface area contributed by atoms with Crippen LogP contribution in [-0.2, 0) is 0 Å². The summed E-state index contributed by atoms with van der Waals surface area (Å²) in [5, 5.41) is 0. The number of amidine groups is 2. The van der Waals surface area contributed by atoms with E-state index < -0.39 is 289 Å². The molecule has 748 valence electrons. The Morgan fingerprint density at radius 2 is 0.348 bits per heavy atom. The summed E-state index contributed by atoms with van der Waals surface area (Å²) in [6.45, 7) is 31.5. The van der Waals surface area contributed by atoms with Crippen molar-refractivity contribution in [1.29, 1.82) is 0 Å². The van der Waals surface area contributed by atoms with Crippen molar-refractivity contribution >= 4 is 80.9 Å². The fourth-order valence-electron chi connectivity index (χ4n) is 24.6. The molecular formula is C90H76B4F40N4. The quantitative estimate of drug-likeness (QED) is 0.0354. The Kier molecular flexibility index (Phi) is 28.7. The summed E-state index contributed by atoms with van der Waals surface area (Å²) in [6.07, 6.45) is 8.98. The molecule has 8 aliphatic rings. The molecule has 4 atom stereocenters. The van der Waals surface area contributed by atoms with Gasteiger partial charge in [0.1, 0.15) is 129 Å². The highest BCUT2D eigenvalue weighted by molar-refractivity contribution is 7.21. The van der Waals surface area contributed by atoms with E-state index >= 15 is 70.2 Å². The molecule has 6 fully saturated rings. The van der Waals surface area contributed by atoms with Crippen LogP contribution in [0.5, 0.6) is 0 Å². The van der Waals surface area contributed by atoms with Crippen LogP contribution in [-0.4, -0.2) is 105 Å². The summed E-state index contributed by atoms with van der Waals surface area (Å²) in [7, 11) is 0. The molecule has 8 bridgehead atoms. The van der Waals surface area contributed by atoms with Crippen molar-refractivity contribution < 1.29 is 185 Å². The van der Waals surface area contributed by atoms with Crippen LogP contribution < -0.4 is 43.7 Å². The first-order valence-electron chi connectivity index (χ1n) is 43.6. The van der Waals surface area contributed by atoms with E-state index in [2.05, 4.69) is 88.2 Å². The maximum atomic E-state index is 15.4. The van der Waals surface area contributed by atoms with Gasteiger partial charge >= 0.3 is 0 Å². The second-order valence-electron chi connectivity index (χ2n) is 37.3. The molecular weight excluding hydrogens is 1940 g/mol. The zero-order chi connectivity index (χ0) is 103. The number of fused-ring (bicyclic) bond motifs is 8. The molecule has 4 saturated heterocycles. The van der Waals surface area contributed by atoms with Crippen LogP contribution in [0.4, 0.5) is 176 Å². The minimum Gasteiger partial charge on any atom is -0.272 e. The van der Waals surface area contributed by atoms with Gasteiger partial charge in [0.25, 0.3) is 13.4 Å². The molecule has 2 aliphatic carbocycles. The van der Waals surface area contributed by atoms with Crippen molar-refractivity contribution in [3.63, 3.8) is 0 Å². The smallest absolute Gasteiger partial charge is 0.272 e. The van der Waals surface area contributed by atoms with Gasteiger partial charge in [-0.3, -0.25) is 19.0 Å². The zero-order valence-corrected chi connectivity index (χ0v) is 73.8. The van der Waals surface area contributed by atoms with Crippen molar-refractivity contribution in [3.05, 3.63) is 233 Å². The number of halogens is 40. The van der Waals surface area contributed by atoms with Gasteiger partial charge in [-0.15, -0.1) is 43.7 Å². The average molecular weight is 2020 g/mol. The number of rotatable bonds is 14. The highest BCUT2D eigenvalue weighted by Crippen LogP contribution is 2.59. The largest absolute Gasteiger partial charge is 0.289 e. The molecule has 0 aromatic heterocycles. The van der Waals surface area contributed by atoms with Gasteiger partial charge < -0.3 is 0 Å². The Bertz CT molecular complexity index is 5200. The van der Waals surface area contributed by atoms with Crippen LogP contribution in [0.3, 0.4) is 0 Å². The minimum atomic E-state index is -7.22. The fourth-order valence-corrected chi connectivity index (χ4v) is 24.6. The van der Waals surface area contributed by atoms with Crippen LogP contribution in [0.2, 0.25) is 23.3 Å². The van der Waals surface area contributed by atoms with E-state index in [0.29, 0.717) is 21.9 Å². The highest BCUT2D eigenvalue weighted by Gasteiger charge is 2.70. The Balaban J connectivity index is 0.000000161. The molecule has 0 spiro atoms. The molecule has 4 nitrogen and oxygen atoms in total. The summed E-state index contributed by atoms with van der Waals surface area (Å²) in [6, 6.07) is 1.51. The Labute approximate surface area is 760 Å². The Morgan fingerprint density at radius 3 is 0.471 bits per heavy atom. The molecule has 138 heavy (non-hydrogen) atoms. The molecule has 16 rings (SSSR count). The highest BCUT2D eigenvalue weighted by atomic mass is 19.2. The lowest BCUT2D eigenvalue weighted by molar-refractivity contribution is -0.587. The maximum Gasteiger partial charge on any atom is 0.289 e. The second kappa shape index (κ2) is 37.6. The second-order valence-corrected chi connectivity index (χ2v) is 37.3. The molecule has 0 N–H and O–H groups in total. The van der Waals surface area contributed by atoms with Crippen LogP contribution in [0.25, 0.3) is 0 Å². The van der Waals surface area contributed by atoms with Crippen LogP contribution in [0.1, 0.15) is 172 Å². The van der Waals surface area contributed by atoms with Crippen LogP contribution in [0.15, 0.2) is 0 Å². The summed E-state index contributed by atoms with van der Waals surface area (Å²) in [5.74, 6) is -139. The normalized spacial score (nSPS) is 22.1. The predicted molar refractivity (Wildman–Crippen MR) is 427 cm³/mol. The van der Waals surface area contributed by atoms with E-state index in [4.69, 9.17) is 0 Å². The maximum absolute atomic E-state index is 15.4. The first-order chi connectivity index (χ1) is 64.3. The lowest BCUT2D eigenvalue weighted by Gasteiger charge is -2.53. The molecule has 8 aromatic carbocycles. The molecule has 0 radical (unpaired) electrons. The van der Waals surface area contributed by atoms with E-state index in [9.17, 15) is 105 Å². The van der Waals surface area contributed by atoms with Crippen molar-refractivity contribution in [1.82, 2.24) is 9.80 Å². The summed E-state index contributed by atoms with van der Waals surface area (Å²) < 4.78 is 594. The molecule has 6 heterocycles. The molecule has 48 heteroatoms. The summed E-state index contributed by atoms with van der Waals surface area (Å²) in [4.78, 5) is 5.81. The topological polar surface area (TPSA) is 12.5 Å². The SMILES string of the molecule is CCN1C(B2C3CCCC2CCC3)=[N+](CC)[C@H]2CC[C@]1(C)C2(C)C.CCN1C(B2C3CCCC2CCC3)=[N+](CC)[C@H]2CC[C@]1(C)C2(C)C.Fc1c(F)c(F)c([B-](c2c(F)c(F)c(F)c(F)c2F)(c2c(F)c(F)c(F)c(F)c2F)c2c(F)c(F)c(F)c(F)c2F)c(F)c1F.Fc1c(F)c(F)c([B-](c2c(F)c(F)c(F)c(F)c2F)(c2c(F)c(F)c(F)c(F)c2F)c2c(F)c(F)c(F)c(F)c2F)c(F)c1F. The van der Waals surface area contributed by atoms with Gasteiger partial charge in [-0.2, -0.15) is 0 Å². The first-order valence-corrected chi connectivity index (χ1v) is 43.6. The van der Waals surface area contributed by atoms with E-state index in [1.807, 2.05) is 0 Å². The number of hydrogen-bond donors (Lipinski definition) is 0. The van der Waals surface area contributed by atoms with Gasteiger partial charge in [-0.05, 0) is 90.5 Å². The van der Waals surface area contributed by atoms with Gasteiger partial charge in [0.05, 0.1) is 26.2 Å². The zero-order valence-electron chi connectivity index (χ0n) is 73.8. The number of hydrogen-bond acceptors (Lipinski definition) is 2. The van der Waals surface area contributed by atoms with Gasteiger partial charge in [0.2, 0.25) is 0 Å². The van der Waals surface area contributed by atoms with Crippen molar-refractivity contribution in [2.24, 2.45) is 10.8 Å². The van der Waals surface area contributed by atoms with Crippen molar-refractivity contribution in [2.75, 3.05) is 26.2 Å². The van der Waals surface area contributed by atoms with Crippen molar-refractivity contribution in [3.8, 4) is 0 Å². The lowest BCUT2D eigenvalue weighted by Crippen LogP contribution is -2.81. The van der Waals surface area contributed by atoms with Crippen molar-refractivity contribution in [2.45, 2.75) is 218 Å². The molecule has 2 saturated carbocycles. The average Bonchev–Trinajstić information content (AvgIpc) is 1.20. The number of benzene rings is 8. The number of nitrogens with zero attached hydrogens (tertiary/aromatic N) is 4. The van der Waals surface area contributed by atoms with Gasteiger partial charge in [0, 0.05) is 10.8 Å². The van der Waals surface area contributed by atoms with E-state index in [1.54, 1.807) is 11.5 Å². The molecule has 6 aliphatic heterocycles. The molecule has 0 amide bonds. The van der Waals surface area contributed by atoms with Gasteiger partial charge in [-0.1, -0.05) is 105 Å². The third-order valence-corrected chi connectivity index (χ3v) is 31.3. The van der Waals surface area contributed by atoms with E-state index in [1.165, 1.54) is 129 Å². The lowest BCUT2D eigenvalue weighted by atomic mass is 9.12. The van der Waals surface area contributed by atoms with E-state index in [-0.39, 0.29) is 0 Å². The van der Waals surface area contributed by atoms with E-state index in [0.717, 1.165) is 48.8 Å². The fraction of sp³-hybridized carbons (Fsp3) is 0.444. The third kappa shape index (κ3) is 14.9.